The largest absolute Gasteiger partial charge is 0.401 e. The monoisotopic (exact) mass is 780 g/mol. The molecule has 0 aromatic rings. The Kier molecular flexibility index (Phi) is 21.7. The van der Waals surface area contributed by atoms with Crippen LogP contribution in [0.1, 0.15) is 168 Å². The third-order valence-electron chi connectivity index (χ3n) is 10.4. The van der Waals surface area contributed by atoms with Crippen LogP contribution in [0, 0.1) is 21.7 Å². The standard InChI is InChI=1S/C15H22F6O2.C13H22F2O2.C11H20O2/c1-5-12(6-2,14(16,17)18)10(22)9-11(23)13(7-3,8-4)15(19,20)21;1-5-12(14,6-2)10(16)9-11(17)13(15,7-3)8-4;1-10(2,3)8(12)7-9(13)11(4,5)6/h5-9H2,1-4H3;5-9H2,1-4H3;7H2,1-6H3. The summed E-state index contributed by atoms with van der Waals surface area (Å²) in [6, 6.07) is 0. The zero-order valence-electron chi connectivity index (χ0n) is 34.3. The van der Waals surface area contributed by atoms with Crippen molar-refractivity contribution in [1.82, 2.24) is 0 Å². The maximum atomic E-state index is 14.0. The van der Waals surface area contributed by atoms with Crippen LogP contribution in [0.25, 0.3) is 0 Å². The Morgan fingerprint density at radius 1 is 0.321 bits per heavy atom. The van der Waals surface area contributed by atoms with E-state index >= 15 is 0 Å². The summed E-state index contributed by atoms with van der Waals surface area (Å²) in [4.78, 5) is 70.5. The molecule has 0 heterocycles. The highest BCUT2D eigenvalue weighted by molar-refractivity contribution is 6.06. The van der Waals surface area contributed by atoms with E-state index < -0.39 is 107 Å². The van der Waals surface area contributed by atoms with Crippen LogP contribution in [0.5, 0.6) is 0 Å². The van der Waals surface area contributed by atoms with Gasteiger partial charge in [-0.3, -0.25) is 28.8 Å². The second-order valence-corrected chi connectivity index (χ2v) is 15.5. The molecule has 0 aliphatic carbocycles. The lowest BCUT2D eigenvalue weighted by molar-refractivity contribution is -0.227. The molecule has 0 rings (SSSR count). The molecule has 0 unspecified atom stereocenters. The fourth-order valence-electron chi connectivity index (χ4n) is 5.32. The van der Waals surface area contributed by atoms with Crippen LogP contribution in [-0.4, -0.2) is 58.4 Å². The number of carbonyl (C=O) groups is 6. The van der Waals surface area contributed by atoms with E-state index in [0.29, 0.717) is 0 Å². The highest BCUT2D eigenvalue weighted by atomic mass is 19.4. The van der Waals surface area contributed by atoms with Crippen LogP contribution in [-0.2, 0) is 28.8 Å². The minimum atomic E-state index is -4.91. The summed E-state index contributed by atoms with van der Waals surface area (Å²) >= 11 is 0. The smallest absolute Gasteiger partial charge is 0.299 e. The normalized spacial score (nSPS) is 13.2. The van der Waals surface area contributed by atoms with Gasteiger partial charge in [-0.1, -0.05) is 96.9 Å². The van der Waals surface area contributed by atoms with E-state index in [-0.39, 0.29) is 43.7 Å². The predicted octanol–water partition coefficient (Wildman–Crippen LogP) is 11.4. The highest BCUT2D eigenvalue weighted by Crippen LogP contribution is 2.49. The number of hydrogen-bond donors (Lipinski definition) is 0. The Labute approximate surface area is 311 Å². The molecule has 0 amide bonds. The van der Waals surface area contributed by atoms with Crippen molar-refractivity contribution in [3.05, 3.63) is 0 Å². The maximum absolute atomic E-state index is 14.0. The minimum Gasteiger partial charge on any atom is -0.299 e. The van der Waals surface area contributed by atoms with E-state index in [9.17, 15) is 63.9 Å². The molecule has 0 N–H and O–H groups in total. The Morgan fingerprint density at radius 3 is 0.660 bits per heavy atom. The number of rotatable bonds is 18. The van der Waals surface area contributed by atoms with E-state index in [1.807, 2.05) is 41.5 Å². The van der Waals surface area contributed by atoms with Gasteiger partial charge in [0.2, 0.25) is 0 Å². The number of carbonyl (C=O) groups excluding carboxylic acids is 6. The van der Waals surface area contributed by atoms with E-state index in [4.69, 9.17) is 0 Å². The highest BCUT2D eigenvalue weighted by Gasteiger charge is 2.61. The Balaban J connectivity index is -0.000000739. The number of alkyl halides is 8. The zero-order valence-corrected chi connectivity index (χ0v) is 34.3. The molecule has 53 heavy (non-hydrogen) atoms. The van der Waals surface area contributed by atoms with Crippen molar-refractivity contribution < 1.29 is 63.9 Å². The summed E-state index contributed by atoms with van der Waals surface area (Å²) in [5.41, 5.74) is -10.3. The summed E-state index contributed by atoms with van der Waals surface area (Å²) in [5.74, 6) is -4.53. The molecule has 0 fully saturated rings. The maximum Gasteiger partial charge on any atom is 0.401 e. The Bertz CT molecular complexity index is 1130. The first-order chi connectivity index (χ1) is 23.6. The zero-order chi connectivity index (χ0) is 43.2. The van der Waals surface area contributed by atoms with Crippen molar-refractivity contribution in [2.45, 2.75) is 191 Å². The van der Waals surface area contributed by atoms with Crippen LogP contribution in [0.3, 0.4) is 0 Å². The summed E-state index contributed by atoms with van der Waals surface area (Å²) in [5, 5.41) is 0. The molecule has 0 bridgehead atoms. The molecule has 0 aromatic heterocycles. The fraction of sp³-hybridized carbons (Fsp3) is 0.846. The van der Waals surface area contributed by atoms with Crippen molar-refractivity contribution >= 4 is 34.7 Å². The molecule has 0 saturated carbocycles. The van der Waals surface area contributed by atoms with Crippen molar-refractivity contribution in [3.8, 4) is 0 Å². The Morgan fingerprint density at radius 2 is 0.509 bits per heavy atom. The average molecular weight is 781 g/mol. The molecule has 312 valence electrons. The lowest BCUT2D eigenvalue weighted by atomic mass is 9.71. The van der Waals surface area contributed by atoms with Gasteiger partial charge in [0.15, 0.2) is 34.5 Å². The lowest BCUT2D eigenvalue weighted by Crippen LogP contribution is -2.49. The molecule has 0 radical (unpaired) electrons. The first-order valence-electron chi connectivity index (χ1n) is 18.3. The average Bonchev–Trinajstić information content (AvgIpc) is 3.03. The van der Waals surface area contributed by atoms with E-state index in [1.54, 1.807) is 27.7 Å². The third-order valence-corrected chi connectivity index (χ3v) is 10.4. The van der Waals surface area contributed by atoms with Gasteiger partial charge >= 0.3 is 12.4 Å². The van der Waals surface area contributed by atoms with Crippen molar-refractivity contribution in [2.24, 2.45) is 21.7 Å². The van der Waals surface area contributed by atoms with Gasteiger partial charge in [-0.2, -0.15) is 26.3 Å². The molecule has 0 aliphatic rings. The van der Waals surface area contributed by atoms with Crippen LogP contribution in [0.4, 0.5) is 35.1 Å². The summed E-state index contributed by atoms with van der Waals surface area (Å²) in [6.07, 6.45) is -14.1. The first-order valence-corrected chi connectivity index (χ1v) is 18.3. The van der Waals surface area contributed by atoms with Gasteiger partial charge < -0.3 is 0 Å². The molecular formula is C39H64F8O6. The first kappa shape index (κ1) is 54.8. The van der Waals surface area contributed by atoms with Crippen LogP contribution < -0.4 is 0 Å². The van der Waals surface area contributed by atoms with E-state index in [0.717, 1.165) is 27.7 Å². The number of Topliss-reactive ketones (excluding diaryl/α,β-unsaturated/α-hetero) is 6. The molecule has 0 saturated heterocycles. The lowest BCUT2D eigenvalue weighted by Gasteiger charge is -2.35. The van der Waals surface area contributed by atoms with Crippen LogP contribution in [0.2, 0.25) is 0 Å². The molecule has 6 nitrogen and oxygen atoms in total. The Hall–Kier alpha value is -2.54. The predicted molar refractivity (Wildman–Crippen MR) is 190 cm³/mol. The summed E-state index contributed by atoms with van der Waals surface area (Å²) < 4.78 is 107. The number of ketones is 6. The van der Waals surface area contributed by atoms with Gasteiger partial charge in [0.1, 0.15) is 22.4 Å². The van der Waals surface area contributed by atoms with Gasteiger partial charge in [-0.25, -0.2) is 8.78 Å². The fourth-order valence-corrected chi connectivity index (χ4v) is 5.32. The molecule has 0 aromatic carbocycles. The van der Waals surface area contributed by atoms with Crippen LogP contribution in [0.15, 0.2) is 0 Å². The molecule has 14 heteroatoms. The quantitative estimate of drug-likeness (QED) is 0.101. The molecule has 0 aliphatic heterocycles. The van der Waals surface area contributed by atoms with Crippen LogP contribution >= 0.6 is 0 Å². The van der Waals surface area contributed by atoms with Gasteiger partial charge in [-0.05, 0) is 51.4 Å². The molecule has 0 atom stereocenters. The molecular weight excluding hydrogens is 716 g/mol. The van der Waals surface area contributed by atoms with Gasteiger partial charge in [0.25, 0.3) is 0 Å². The number of hydrogen-bond acceptors (Lipinski definition) is 6. The number of halogens is 8. The van der Waals surface area contributed by atoms with E-state index in [2.05, 4.69) is 0 Å². The van der Waals surface area contributed by atoms with Gasteiger partial charge in [0, 0.05) is 10.8 Å². The van der Waals surface area contributed by atoms with E-state index in [1.165, 1.54) is 0 Å². The summed E-state index contributed by atoms with van der Waals surface area (Å²) in [6.45, 7) is 21.8. The summed E-state index contributed by atoms with van der Waals surface area (Å²) in [7, 11) is 0. The third kappa shape index (κ3) is 14.6. The van der Waals surface area contributed by atoms with Gasteiger partial charge in [-0.15, -0.1) is 0 Å². The van der Waals surface area contributed by atoms with Crippen molar-refractivity contribution in [1.29, 1.82) is 0 Å². The topological polar surface area (TPSA) is 102 Å². The van der Waals surface area contributed by atoms with Gasteiger partial charge in [0.05, 0.1) is 19.3 Å². The second kappa shape index (κ2) is 20.9. The van der Waals surface area contributed by atoms with Crippen molar-refractivity contribution in [3.63, 3.8) is 0 Å². The second-order valence-electron chi connectivity index (χ2n) is 15.5. The van der Waals surface area contributed by atoms with Crippen molar-refractivity contribution in [2.75, 3.05) is 0 Å². The minimum absolute atomic E-state index is 0.0208. The SMILES string of the molecule is CC(C)(C)C(=O)CC(=O)C(C)(C)C.CCC(CC)(C(=O)CC(=O)C(CC)(CC)C(F)(F)F)C(F)(F)F.CCC(F)(CC)C(=O)CC(=O)C(F)(CC)CC. The molecule has 0 spiro atoms.